The van der Waals surface area contributed by atoms with Gasteiger partial charge in [-0.15, -0.1) is 0 Å². The molecule has 0 radical (unpaired) electrons. The number of carbonyl (C=O) groups excluding carboxylic acids is 1. The van der Waals surface area contributed by atoms with Crippen LogP contribution >= 0.6 is 0 Å². The van der Waals surface area contributed by atoms with Crippen molar-refractivity contribution in [3.63, 3.8) is 0 Å². The fourth-order valence-electron chi connectivity index (χ4n) is 3.42. The highest BCUT2D eigenvalue weighted by molar-refractivity contribution is 7.89. The molecule has 2 aromatic carbocycles. The van der Waals surface area contributed by atoms with Crippen molar-refractivity contribution in [2.75, 3.05) is 51.3 Å². The Morgan fingerprint density at radius 1 is 1.00 bits per heavy atom. The maximum Gasteiger partial charge on any atom is 0.243 e. The minimum Gasteiger partial charge on any atom is -0.486 e. The second kappa shape index (κ2) is 8.58. The Balaban J connectivity index is 1.34. The van der Waals surface area contributed by atoms with Crippen molar-refractivity contribution < 1.29 is 27.1 Å². The molecule has 0 atom stereocenters. The van der Waals surface area contributed by atoms with Gasteiger partial charge >= 0.3 is 0 Å². The third-order valence-electron chi connectivity index (χ3n) is 5.00. The molecular formula is C20H22FN3O5S. The molecule has 1 fully saturated rings. The van der Waals surface area contributed by atoms with Gasteiger partial charge in [-0.2, -0.15) is 4.31 Å². The predicted molar refractivity (Wildman–Crippen MR) is 108 cm³/mol. The average Bonchev–Trinajstić information content (AvgIpc) is 2.75. The molecule has 0 aromatic heterocycles. The summed E-state index contributed by atoms with van der Waals surface area (Å²) in [4.78, 5) is 14.2. The summed E-state index contributed by atoms with van der Waals surface area (Å²) in [5.74, 6) is 0.112. The van der Waals surface area contributed by atoms with Crippen LogP contribution in [-0.2, 0) is 14.8 Å². The maximum absolute atomic E-state index is 13.7. The maximum atomic E-state index is 13.7. The highest BCUT2D eigenvalue weighted by Gasteiger charge is 2.30. The summed E-state index contributed by atoms with van der Waals surface area (Å²) in [6.45, 7) is 2.18. The Kier molecular flexibility index (Phi) is 5.89. The van der Waals surface area contributed by atoms with Crippen LogP contribution in [-0.4, -0.2) is 69.5 Å². The number of nitrogens with one attached hydrogen (secondary N) is 1. The van der Waals surface area contributed by atoms with Crippen molar-refractivity contribution in [2.24, 2.45) is 0 Å². The van der Waals surface area contributed by atoms with Gasteiger partial charge in [0.2, 0.25) is 15.9 Å². The number of anilines is 1. The van der Waals surface area contributed by atoms with Gasteiger partial charge in [0.25, 0.3) is 0 Å². The molecule has 4 rings (SSSR count). The van der Waals surface area contributed by atoms with Crippen molar-refractivity contribution in [2.45, 2.75) is 4.90 Å². The van der Waals surface area contributed by atoms with Gasteiger partial charge in [-0.25, -0.2) is 12.8 Å². The zero-order chi connectivity index (χ0) is 21.1. The molecule has 1 saturated heterocycles. The topological polar surface area (TPSA) is 88.2 Å². The van der Waals surface area contributed by atoms with Gasteiger partial charge in [0.05, 0.1) is 17.1 Å². The number of amides is 1. The fraction of sp³-hybridized carbons (Fsp3) is 0.350. The highest BCUT2D eigenvalue weighted by Crippen LogP contribution is 2.33. The number of nitrogens with zero attached hydrogens (tertiary/aromatic N) is 2. The lowest BCUT2D eigenvalue weighted by Gasteiger charge is -2.33. The largest absolute Gasteiger partial charge is 0.486 e. The van der Waals surface area contributed by atoms with Crippen LogP contribution in [0.5, 0.6) is 11.5 Å². The van der Waals surface area contributed by atoms with E-state index in [-0.39, 0.29) is 36.1 Å². The Morgan fingerprint density at radius 3 is 2.43 bits per heavy atom. The molecule has 0 spiro atoms. The van der Waals surface area contributed by atoms with E-state index in [1.54, 1.807) is 18.2 Å². The molecule has 2 aliphatic rings. The first-order valence-corrected chi connectivity index (χ1v) is 11.0. The molecule has 2 aromatic rings. The molecule has 8 nitrogen and oxygen atoms in total. The molecule has 160 valence electrons. The van der Waals surface area contributed by atoms with Crippen molar-refractivity contribution >= 4 is 21.6 Å². The Labute approximate surface area is 174 Å². The minimum absolute atomic E-state index is 0.0618. The second-order valence-electron chi connectivity index (χ2n) is 7.01. The molecular weight excluding hydrogens is 413 g/mol. The zero-order valence-electron chi connectivity index (χ0n) is 16.2. The van der Waals surface area contributed by atoms with Gasteiger partial charge in [0.15, 0.2) is 11.5 Å². The Morgan fingerprint density at radius 2 is 1.70 bits per heavy atom. The number of para-hydroxylation sites is 1. The van der Waals surface area contributed by atoms with Crippen LogP contribution in [0.1, 0.15) is 0 Å². The van der Waals surface area contributed by atoms with Gasteiger partial charge in [-0.3, -0.25) is 9.69 Å². The Bertz CT molecular complexity index is 1040. The van der Waals surface area contributed by atoms with Gasteiger partial charge in [0.1, 0.15) is 19.0 Å². The third-order valence-corrected chi connectivity index (χ3v) is 6.89. The van der Waals surface area contributed by atoms with Gasteiger partial charge in [-0.1, -0.05) is 12.1 Å². The number of fused-ring (bicyclic) bond motifs is 1. The van der Waals surface area contributed by atoms with Crippen molar-refractivity contribution in [3.8, 4) is 11.5 Å². The normalized spacial score (nSPS) is 17.5. The van der Waals surface area contributed by atoms with E-state index < -0.39 is 15.8 Å². The standard InChI is InChI=1S/C20H22FN3O5S/c21-16-3-1-2-4-17(16)22-20(25)14-23-7-9-24(10-8-23)30(26,27)15-5-6-18-19(13-15)29-12-11-28-18/h1-6,13H,7-12,14H2,(H,22,25). The van der Waals surface area contributed by atoms with Crippen molar-refractivity contribution in [1.82, 2.24) is 9.21 Å². The number of carbonyl (C=O) groups is 1. The van der Waals surface area contributed by atoms with Crippen LogP contribution in [0.2, 0.25) is 0 Å². The number of ether oxygens (including phenoxy) is 2. The monoisotopic (exact) mass is 435 g/mol. The minimum atomic E-state index is -3.68. The summed E-state index contributed by atoms with van der Waals surface area (Å²) in [6, 6.07) is 10.6. The molecule has 0 saturated carbocycles. The summed E-state index contributed by atoms with van der Waals surface area (Å²) in [5.41, 5.74) is 0.127. The molecule has 0 aliphatic carbocycles. The number of hydrogen-bond acceptors (Lipinski definition) is 6. The number of halogens is 1. The van der Waals surface area contributed by atoms with Crippen LogP contribution in [0.3, 0.4) is 0 Å². The molecule has 2 aliphatic heterocycles. The third kappa shape index (κ3) is 4.40. The summed E-state index contributed by atoms with van der Waals surface area (Å²) >= 11 is 0. The van der Waals surface area contributed by atoms with Crippen molar-refractivity contribution in [1.29, 1.82) is 0 Å². The molecule has 1 amide bonds. The van der Waals surface area contributed by atoms with E-state index in [1.165, 1.54) is 28.6 Å². The average molecular weight is 435 g/mol. The van der Waals surface area contributed by atoms with E-state index in [9.17, 15) is 17.6 Å². The molecule has 1 N–H and O–H groups in total. The predicted octanol–water partition coefficient (Wildman–Crippen LogP) is 1.54. The van der Waals surface area contributed by atoms with Crippen LogP contribution in [0, 0.1) is 5.82 Å². The highest BCUT2D eigenvalue weighted by atomic mass is 32.2. The SMILES string of the molecule is O=C(CN1CCN(S(=O)(=O)c2ccc3c(c2)OCCO3)CC1)Nc1ccccc1F. The lowest BCUT2D eigenvalue weighted by Crippen LogP contribution is -2.50. The number of benzene rings is 2. The summed E-state index contributed by atoms with van der Waals surface area (Å²) < 4.78 is 51.9. The number of rotatable bonds is 5. The lowest BCUT2D eigenvalue weighted by molar-refractivity contribution is -0.117. The van der Waals surface area contributed by atoms with E-state index in [2.05, 4.69) is 5.32 Å². The number of piperazine rings is 1. The zero-order valence-corrected chi connectivity index (χ0v) is 17.0. The van der Waals surface area contributed by atoms with Crippen LogP contribution < -0.4 is 14.8 Å². The number of sulfonamides is 1. The quantitative estimate of drug-likeness (QED) is 0.767. The first-order valence-electron chi connectivity index (χ1n) is 9.60. The van der Waals surface area contributed by atoms with Crippen LogP contribution in [0.4, 0.5) is 10.1 Å². The molecule has 0 unspecified atom stereocenters. The van der Waals surface area contributed by atoms with Crippen LogP contribution in [0.25, 0.3) is 0 Å². The van der Waals surface area contributed by atoms with Gasteiger partial charge in [-0.05, 0) is 24.3 Å². The van der Waals surface area contributed by atoms with E-state index in [1.807, 2.05) is 4.90 Å². The molecule has 10 heteroatoms. The second-order valence-corrected chi connectivity index (χ2v) is 8.95. The Hall–Kier alpha value is -2.69. The number of hydrogen-bond donors (Lipinski definition) is 1. The molecule has 0 bridgehead atoms. The van der Waals surface area contributed by atoms with Crippen LogP contribution in [0.15, 0.2) is 47.4 Å². The smallest absolute Gasteiger partial charge is 0.243 e. The summed E-state index contributed by atoms with van der Waals surface area (Å²) in [6.07, 6.45) is 0. The first kappa shape index (κ1) is 20.6. The summed E-state index contributed by atoms with van der Waals surface area (Å²) in [7, 11) is -3.68. The van der Waals surface area contributed by atoms with E-state index in [0.717, 1.165) is 0 Å². The van der Waals surface area contributed by atoms with E-state index >= 15 is 0 Å². The van der Waals surface area contributed by atoms with Gasteiger partial charge < -0.3 is 14.8 Å². The lowest BCUT2D eigenvalue weighted by atomic mass is 10.3. The van der Waals surface area contributed by atoms with Crippen molar-refractivity contribution in [3.05, 3.63) is 48.3 Å². The molecule has 30 heavy (non-hydrogen) atoms. The van der Waals surface area contributed by atoms with Gasteiger partial charge in [0, 0.05) is 32.2 Å². The van der Waals surface area contributed by atoms with E-state index in [4.69, 9.17) is 9.47 Å². The van der Waals surface area contributed by atoms with E-state index in [0.29, 0.717) is 37.8 Å². The molecule has 2 heterocycles. The first-order chi connectivity index (χ1) is 14.4. The fourth-order valence-corrected chi connectivity index (χ4v) is 4.85. The summed E-state index contributed by atoms with van der Waals surface area (Å²) in [5, 5.41) is 2.54.